The third-order valence-electron chi connectivity index (χ3n) is 14.1. The Labute approximate surface area is 477 Å². The molecular weight excluding hydrogens is 949 g/mol. The smallest absolute Gasteiger partial charge is 0.306 e. The first-order valence-corrected chi connectivity index (χ1v) is 32.7. The van der Waals surface area contributed by atoms with Gasteiger partial charge < -0.3 is 14.2 Å². The number of hydrogen-bond donors (Lipinski definition) is 0. The van der Waals surface area contributed by atoms with Crippen LogP contribution in [-0.2, 0) is 28.6 Å². The minimum absolute atomic E-state index is 0.0925. The maximum atomic E-state index is 12.9. The van der Waals surface area contributed by atoms with E-state index in [4.69, 9.17) is 14.2 Å². The minimum Gasteiger partial charge on any atom is -0.462 e. The van der Waals surface area contributed by atoms with Crippen LogP contribution in [0.5, 0.6) is 0 Å². The average molecular weight is 1070 g/mol. The van der Waals surface area contributed by atoms with Gasteiger partial charge in [0, 0.05) is 19.3 Å². The minimum atomic E-state index is -0.800. The molecule has 0 rings (SSSR count). The van der Waals surface area contributed by atoms with Gasteiger partial charge in [-0.3, -0.25) is 14.4 Å². The summed E-state index contributed by atoms with van der Waals surface area (Å²) in [5, 5.41) is 0. The molecule has 0 aromatic rings. The van der Waals surface area contributed by atoms with Crippen LogP contribution in [-0.4, -0.2) is 37.2 Å². The lowest BCUT2D eigenvalue weighted by Crippen LogP contribution is -2.30. The first-order chi connectivity index (χ1) is 38.0. The summed E-state index contributed by atoms with van der Waals surface area (Å²) < 4.78 is 16.9. The summed E-state index contributed by atoms with van der Waals surface area (Å²) in [5.74, 6) is -0.927. The number of rotatable bonds is 59. The molecule has 6 nitrogen and oxygen atoms in total. The lowest BCUT2D eigenvalue weighted by Gasteiger charge is -2.18. The number of allylic oxidation sites excluding steroid dienone is 16. The van der Waals surface area contributed by atoms with E-state index in [0.717, 1.165) is 96.3 Å². The number of hydrogen-bond acceptors (Lipinski definition) is 6. The molecule has 0 N–H and O–H groups in total. The molecule has 0 aliphatic heterocycles. The Balaban J connectivity index is 4.30. The van der Waals surface area contributed by atoms with E-state index < -0.39 is 6.10 Å². The topological polar surface area (TPSA) is 78.9 Å². The van der Waals surface area contributed by atoms with Gasteiger partial charge in [-0.1, -0.05) is 291 Å². The van der Waals surface area contributed by atoms with Gasteiger partial charge in [-0.2, -0.15) is 0 Å². The average Bonchev–Trinajstić information content (AvgIpc) is 3.43. The molecule has 0 amide bonds. The fourth-order valence-electron chi connectivity index (χ4n) is 9.18. The van der Waals surface area contributed by atoms with E-state index in [1.165, 1.54) is 173 Å². The van der Waals surface area contributed by atoms with E-state index >= 15 is 0 Å². The molecule has 1 unspecified atom stereocenters. The van der Waals surface area contributed by atoms with E-state index in [1.807, 2.05) is 0 Å². The Morgan fingerprint density at radius 2 is 0.506 bits per heavy atom. The third kappa shape index (κ3) is 63.0. The van der Waals surface area contributed by atoms with Crippen LogP contribution in [0.3, 0.4) is 0 Å². The van der Waals surface area contributed by atoms with Gasteiger partial charge in [0.25, 0.3) is 0 Å². The molecule has 0 bridgehead atoms. The van der Waals surface area contributed by atoms with Crippen LogP contribution in [0.2, 0.25) is 0 Å². The zero-order valence-corrected chi connectivity index (χ0v) is 50.7. The lowest BCUT2D eigenvalue weighted by molar-refractivity contribution is -0.167. The molecule has 0 saturated heterocycles. The number of carbonyl (C=O) groups is 3. The third-order valence-corrected chi connectivity index (χ3v) is 14.1. The van der Waals surface area contributed by atoms with Crippen molar-refractivity contribution in [2.45, 2.75) is 322 Å². The molecule has 442 valence electrons. The Morgan fingerprint density at radius 1 is 0.273 bits per heavy atom. The van der Waals surface area contributed by atoms with Gasteiger partial charge in [-0.05, 0) is 103 Å². The molecule has 0 aliphatic carbocycles. The van der Waals surface area contributed by atoms with Crippen molar-refractivity contribution >= 4 is 17.9 Å². The fourth-order valence-corrected chi connectivity index (χ4v) is 9.18. The molecular formula is C71H122O6. The standard InChI is InChI=1S/C71H122O6/c1-4-7-10-13-16-19-22-24-26-28-30-32-33-34-35-36-37-39-40-42-44-46-49-52-55-58-61-64-70(73)76-67-68(66-75-69(72)63-60-57-54-51-48-21-18-15-12-9-6-3)77-71(74)65-62-59-56-53-50-47-45-43-41-38-31-29-27-25-23-20-17-14-11-8-5-2/h8,11,17,20,22,24-25,27-28,30-31,38,43,45,50,53,68H,4-7,9-10,12-16,18-19,21,23,26,29,32-37,39-42,44,46-49,51-52,54-67H2,1-3H3/b11-8-,20-17-,24-22-,27-25-,30-28-,38-31-,45-43-,53-50-. The summed E-state index contributed by atoms with van der Waals surface area (Å²) in [7, 11) is 0. The van der Waals surface area contributed by atoms with Gasteiger partial charge >= 0.3 is 17.9 Å². The Bertz CT molecular complexity index is 1510. The predicted octanol–water partition coefficient (Wildman–Crippen LogP) is 22.4. The molecule has 6 heteroatoms. The van der Waals surface area contributed by atoms with Crippen molar-refractivity contribution in [3.63, 3.8) is 0 Å². The predicted molar refractivity (Wildman–Crippen MR) is 334 cm³/mol. The molecule has 0 fully saturated rings. The van der Waals surface area contributed by atoms with E-state index in [1.54, 1.807) is 0 Å². The summed E-state index contributed by atoms with van der Waals surface area (Å²) >= 11 is 0. The van der Waals surface area contributed by atoms with Crippen molar-refractivity contribution in [1.82, 2.24) is 0 Å². The largest absolute Gasteiger partial charge is 0.462 e. The highest BCUT2D eigenvalue weighted by Gasteiger charge is 2.19. The van der Waals surface area contributed by atoms with Crippen molar-refractivity contribution in [2.24, 2.45) is 0 Å². The molecule has 0 aromatic carbocycles. The van der Waals surface area contributed by atoms with Crippen LogP contribution in [0.15, 0.2) is 97.2 Å². The summed E-state index contributed by atoms with van der Waals surface area (Å²) in [6, 6.07) is 0. The van der Waals surface area contributed by atoms with Crippen molar-refractivity contribution in [1.29, 1.82) is 0 Å². The molecule has 77 heavy (non-hydrogen) atoms. The van der Waals surface area contributed by atoms with Crippen molar-refractivity contribution in [3.8, 4) is 0 Å². The van der Waals surface area contributed by atoms with Crippen LogP contribution in [0.1, 0.15) is 316 Å². The number of ether oxygens (including phenoxy) is 3. The zero-order valence-electron chi connectivity index (χ0n) is 50.7. The summed E-state index contributed by atoms with van der Waals surface area (Å²) in [6.45, 7) is 6.50. The van der Waals surface area contributed by atoms with Gasteiger partial charge in [0.1, 0.15) is 13.2 Å². The normalized spacial score (nSPS) is 12.7. The maximum absolute atomic E-state index is 12.9. The highest BCUT2D eigenvalue weighted by molar-refractivity contribution is 5.71. The lowest BCUT2D eigenvalue weighted by atomic mass is 10.0. The van der Waals surface area contributed by atoms with E-state index in [9.17, 15) is 14.4 Å². The van der Waals surface area contributed by atoms with E-state index in [0.29, 0.717) is 19.3 Å². The van der Waals surface area contributed by atoms with Crippen molar-refractivity contribution in [3.05, 3.63) is 97.2 Å². The van der Waals surface area contributed by atoms with E-state index in [2.05, 4.69) is 118 Å². The number of carbonyl (C=O) groups excluding carboxylic acids is 3. The van der Waals surface area contributed by atoms with E-state index in [-0.39, 0.29) is 37.5 Å². The van der Waals surface area contributed by atoms with Crippen LogP contribution in [0.4, 0.5) is 0 Å². The highest BCUT2D eigenvalue weighted by Crippen LogP contribution is 2.16. The summed E-state index contributed by atoms with van der Waals surface area (Å²) in [4.78, 5) is 38.3. The highest BCUT2D eigenvalue weighted by atomic mass is 16.6. The molecule has 0 spiro atoms. The molecule has 1 atom stereocenters. The SMILES string of the molecule is CC/C=C\C/C=C\C/C=C\C/C=C\C/C=C\C/C=C\CCCCC(=O)OC(COC(=O)CCCCCCCCCCCCC)COC(=O)CCCCCCCCCCCCCCCCC/C=C\C/C=C\CCCCCCC. The Kier molecular flexibility index (Phi) is 61.8. The van der Waals surface area contributed by atoms with Gasteiger partial charge in [0.2, 0.25) is 0 Å². The Morgan fingerprint density at radius 3 is 0.818 bits per heavy atom. The monoisotopic (exact) mass is 1070 g/mol. The maximum Gasteiger partial charge on any atom is 0.306 e. The second kappa shape index (κ2) is 64.9. The quantitative estimate of drug-likeness (QED) is 0.0261. The molecule has 0 radical (unpaired) electrons. The van der Waals surface area contributed by atoms with Crippen LogP contribution < -0.4 is 0 Å². The second-order valence-corrected chi connectivity index (χ2v) is 21.6. The molecule has 0 saturated carbocycles. The van der Waals surface area contributed by atoms with Crippen molar-refractivity contribution < 1.29 is 28.6 Å². The van der Waals surface area contributed by atoms with Crippen LogP contribution in [0, 0.1) is 0 Å². The van der Waals surface area contributed by atoms with Crippen molar-refractivity contribution in [2.75, 3.05) is 13.2 Å². The fraction of sp³-hybridized carbons (Fsp3) is 0.732. The molecule has 0 heterocycles. The van der Waals surface area contributed by atoms with Gasteiger partial charge in [0.05, 0.1) is 0 Å². The first kappa shape index (κ1) is 73.3. The van der Waals surface area contributed by atoms with Gasteiger partial charge in [-0.25, -0.2) is 0 Å². The summed E-state index contributed by atoms with van der Waals surface area (Å²) in [5.41, 5.74) is 0. The zero-order chi connectivity index (χ0) is 55.7. The van der Waals surface area contributed by atoms with Gasteiger partial charge in [0.15, 0.2) is 6.10 Å². The molecule has 0 aromatic heterocycles. The second-order valence-electron chi connectivity index (χ2n) is 21.6. The van der Waals surface area contributed by atoms with Gasteiger partial charge in [-0.15, -0.1) is 0 Å². The summed E-state index contributed by atoms with van der Waals surface area (Å²) in [6.07, 6.45) is 87.1. The number of unbranched alkanes of at least 4 members (excludes halogenated alkanes) is 32. The number of esters is 3. The van der Waals surface area contributed by atoms with Crippen LogP contribution >= 0.6 is 0 Å². The van der Waals surface area contributed by atoms with Crippen LogP contribution in [0.25, 0.3) is 0 Å². The molecule has 0 aliphatic rings. The first-order valence-electron chi connectivity index (χ1n) is 32.7. The Hall–Kier alpha value is -3.67.